The first-order valence-electron chi connectivity index (χ1n) is 9.92. The molecule has 0 atom stereocenters. The van der Waals surface area contributed by atoms with Gasteiger partial charge in [-0.15, -0.1) is 0 Å². The number of nitrogens with zero attached hydrogens (tertiary/aromatic N) is 1. The van der Waals surface area contributed by atoms with E-state index in [4.69, 9.17) is 0 Å². The van der Waals surface area contributed by atoms with Crippen LogP contribution in [0.3, 0.4) is 0 Å². The fourth-order valence-electron chi connectivity index (χ4n) is 3.38. The summed E-state index contributed by atoms with van der Waals surface area (Å²) in [5.74, 6) is -45.2. The second kappa shape index (κ2) is 11.1. The highest BCUT2D eigenvalue weighted by Gasteiger charge is 2.45. The minimum absolute atomic E-state index is 0.958. The zero-order valence-electron chi connectivity index (χ0n) is 18.2. The summed E-state index contributed by atoms with van der Waals surface area (Å²) >= 11 is 0. The molecule has 3 aromatic rings. The maximum atomic E-state index is 14.4. The van der Waals surface area contributed by atoms with Crippen LogP contribution in [0.1, 0.15) is 0 Å². The van der Waals surface area contributed by atoms with E-state index in [2.05, 4.69) is 10.3 Å². The summed E-state index contributed by atoms with van der Waals surface area (Å²) in [7, 11) is 0. The molecule has 3 aromatic carbocycles. The van der Waals surface area contributed by atoms with Gasteiger partial charge < -0.3 is 5.32 Å². The maximum Gasteiger partial charge on any atom is 0.265 e. The number of hydrogen-bond donors (Lipinski definition) is 1. The van der Waals surface area contributed by atoms with Crippen molar-refractivity contribution in [1.82, 2.24) is 5.32 Å². The standard InChI is InChI=1S/C18BF15.C3H6N2/c20-4-1(5(21)11(27)16(32)10(4)26)19(2-6(22)12(28)17(33)13(29)7(2)23)3-8(24)14(30)18(34)15(31)9(3)25;1-2-5-3-4-1/h;3H,1-2H2,(H,4,5). The third-order valence-corrected chi connectivity index (χ3v) is 5.17. The van der Waals surface area contributed by atoms with E-state index in [1.807, 2.05) is 0 Å². The highest BCUT2D eigenvalue weighted by molar-refractivity contribution is 6.95. The zero-order chi connectivity index (χ0) is 29.5. The van der Waals surface area contributed by atoms with E-state index < -0.39 is 110 Å². The van der Waals surface area contributed by atoms with E-state index in [0.717, 1.165) is 13.1 Å². The summed E-state index contributed by atoms with van der Waals surface area (Å²) in [6.45, 7) is -1.97. The van der Waals surface area contributed by atoms with Crippen LogP contribution in [0.4, 0.5) is 65.9 Å². The topological polar surface area (TPSA) is 24.4 Å². The fourth-order valence-corrected chi connectivity index (χ4v) is 3.38. The first-order valence-corrected chi connectivity index (χ1v) is 9.92. The van der Waals surface area contributed by atoms with Gasteiger partial charge in [-0.25, -0.2) is 65.9 Å². The first kappa shape index (κ1) is 29.7. The third-order valence-electron chi connectivity index (χ3n) is 5.17. The van der Waals surface area contributed by atoms with Crippen molar-refractivity contribution in [3.8, 4) is 0 Å². The van der Waals surface area contributed by atoms with E-state index in [9.17, 15) is 65.9 Å². The lowest BCUT2D eigenvalue weighted by atomic mass is 9.36. The van der Waals surface area contributed by atoms with Gasteiger partial charge in [0.05, 0.1) is 12.9 Å². The average molecular weight is 582 g/mol. The summed E-state index contributed by atoms with van der Waals surface area (Å²) < 4.78 is 209. The number of halogens is 15. The fraction of sp³-hybridized carbons (Fsp3) is 0.0952. The molecule has 0 aromatic heterocycles. The largest absolute Gasteiger partial charge is 0.375 e. The number of rotatable bonds is 3. The van der Waals surface area contributed by atoms with Crippen molar-refractivity contribution in [2.75, 3.05) is 13.1 Å². The molecule has 0 aliphatic carbocycles. The molecule has 0 unspecified atom stereocenters. The molecule has 0 bridgehead atoms. The van der Waals surface area contributed by atoms with Gasteiger partial charge in [0, 0.05) is 22.9 Å². The zero-order valence-corrected chi connectivity index (χ0v) is 18.2. The second-order valence-corrected chi connectivity index (χ2v) is 7.37. The predicted octanol–water partition coefficient (Wildman–Crippen LogP) is 3.91. The Hall–Kier alpha value is -3.86. The molecule has 1 heterocycles. The van der Waals surface area contributed by atoms with E-state index in [0.29, 0.717) is 0 Å². The second-order valence-electron chi connectivity index (χ2n) is 7.37. The molecule has 0 saturated carbocycles. The minimum Gasteiger partial charge on any atom is -0.375 e. The van der Waals surface area contributed by atoms with Crippen LogP contribution in [0, 0.1) is 87.3 Å². The van der Waals surface area contributed by atoms with Crippen LogP contribution >= 0.6 is 0 Å². The first-order chi connectivity index (χ1) is 18.2. The lowest BCUT2D eigenvalue weighted by molar-refractivity contribution is 0.380. The van der Waals surface area contributed by atoms with Gasteiger partial charge >= 0.3 is 0 Å². The van der Waals surface area contributed by atoms with Crippen molar-refractivity contribution >= 4 is 29.4 Å². The summed E-state index contributed by atoms with van der Waals surface area (Å²) in [6, 6.07) is 0. The van der Waals surface area contributed by atoms with Crippen molar-refractivity contribution in [3.63, 3.8) is 0 Å². The summed E-state index contributed by atoms with van der Waals surface area (Å²) in [5.41, 5.74) is -8.03. The van der Waals surface area contributed by atoms with Crippen LogP contribution in [0.5, 0.6) is 0 Å². The Morgan fingerprint density at radius 1 is 0.410 bits per heavy atom. The van der Waals surface area contributed by atoms with Gasteiger partial charge in [0.2, 0.25) is 0 Å². The number of nitrogens with one attached hydrogen (secondary N) is 1. The monoisotopic (exact) mass is 582 g/mol. The van der Waals surface area contributed by atoms with E-state index in [1.54, 1.807) is 6.34 Å². The van der Waals surface area contributed by atoms with Crippen molar-refractivity contribution in [1.29, 1.82) is 0 Å². The molecule has 0 radical (unpaired) electrons. The SMILES string of the molecule is C1=NCCN1.Fc1c(F)c(F)c(B(c2c(F)c(F)c(F)c(F)c2F)c2c(F)c(F)c(F)c(F)c2F)c(F)c1F. The third kappa shape index (κ3) is 4.87. The van der Waals surface area contributed by atoms with Gasteiger partial charge in [-0.2, -0.15) is 0 Å². The van der Waals surface area contributed by atoms with Crippen molar-refractivity contribution in [2.24, 2.45) is 4.99 Å². The molecular formula is C21H6BF15N2. The van der Waals surface area contributed by atoms with Crippen LogP contribution in [0.25, 0.3) is 0 Å². The Balaban J connectivity index is 0.000000753. The summed E-state index contributed by atoms with van der Waals surface area (Å²) in [4.78, 5) is 3.85. The van der Waals surface area contributed by atoms with Gasteiger partial charge in [0.25, 0.3) is 6.71 Å². The highest BCUT2D eigenvalue weighted by Crippen LogP contribution is 2.23. The quantitative estimate of drug-likeness (QED) is 0.216. The molecule has 0 spiro atoms. The summed E-state index contributed by atoms with van der Waals surface area (Å²) in [5, 5.41) is 2.93. The Morgan fingerprint density at radius 3 is 0.795 bits per heavy atom. The van der Waals surface area contributed by atoms with E-state index in [-0.39, 0.29) is 0 Å². The van der Waals surface area contributed by atoms with Crippen LogP contribution in [0.2, 0.25) is 0 Å². The van der Waals surface area contributed by atoms with Gasteiger partial charge in [0.15, 0.2) is 87.3 Å². The molecular weight excluding hydrogens is 576 g/mol. The van der Waals surface area contributed by atoms with Gasteiger partial charge in [0.1, 0.15) is 0 Å². The molecule has 1 N–H and O–H groups in total. The normalized spacial score (nSPS) is 12.4. The van der Waals surface area contributed by atoms with Gasteiger partial charge in [-0.3, -0.25) is 4.99 Å². The van der Waals surface area contributed by atoms with Crippen molar-refractivity contribution in [3.05, 3.63) is 87.3 Å². The Kier molecular flexibility index (Phi) is 8.45. The Morgan fingerprint density at radius 2 is 0.641 bits per heavy atom. The lowest BCUT2D eigenvalue weighted by Gasteiger charge is -2.21. The van der Waals surface area contributed by atoms with E-state index in [1.165, 1.54) is 0 Å². The molecule has 39 heavy (non-hydrogen) atoms. The van der Waals surface area contributed by atoms with Crippen LogP contribution < -0.4 is 21.7 Å². The predicted molar refractivity (Wildman–Crippen MR) is 105 cm³/mol. The smallest absolute Gasteiger partial charge is 0.265 e. The maximum absolute atomic E-state index is 14.4. The van der Waals surface area contributed by atoms with Gasteiger partial charge in [-0.05, 0) is 0 Å². The molecule has 208 valence electrons. The highest BCUT2D eigenvalue weighted by atomic mass is 19.2. The van der Waals surface area contributed by atoms with Gasteiger partial charge in [-0.1, -0.05) is 0 Å². The molecule has 4 rings (SSSR count). The number of benzene rings is 3. The van der Waals surface area contributed by atoms with Crippen LogP contribution in [-0.4, -0.2) is 26.1 Å². The van der Waals surface area contributed by atoms with Crippen LogP contribution in [-0.2, 0) is 0 Å². The Bertz CT molecular complexity index is 1250. The lowest BCUT2D eigenvalue weighted by Crippen LogP contribution is -2.60. The average Bonchev–Trinajstić information content (AvgIpc) is 3.51. The molecule has 2 nitrogen and oxygen atoms in total. The molecule has 1 aliphatic heterocycles. The number of hydrogen-bond acceptors (Lipinski definition) is 2. The van der Waals surface area contributed by atoms with Crippen LogP contribution in [0.15, 0.2) is 4.99 Å². The molecule has 0 fully saturated rings. The Labute approximate surface area is 206 Å². The van der Waals surface area contributed by atoms with E-state index >= 15 is 0 Å². The molecule has 0 amide bonds. The van der Waals surface area contributed by atoms with Crippen molar-refractivity contribution < 1.29 is 65.9 Å². The molecule has 0 saturated heterocycles. The van der Waals surface area contributed by atoms with Crippen molar-refractivity contribution in [2.45, 2.75) is 0 Å². The number of aliphatic imine (C=N–C) groups is 1. The molecule has 18 heteroatoms. The summed E-state index contributed by atoms with van der Waals surface area (Å²) in [6.07, 6.45) is 1.74. The minimum atomic E-state index is -3.96. The molecule has 1 aliphatic rings.